The number of benzene rings is 2. The monoisotopic (exact) mass is 894 g/mol. The number of amides is 1. The third-order valence-corrected chi connectivity index (χ3v) is 18.7. The highest BCUT2D eigenvalue weighted by molar-refractivity contribution is 7.86. The summed E-state index contributed by atoms with van der Waals surface area (Å²) in [6, 6.07) is 18.5. The fourth-order valence-electron chi connectivity index (χ4n) is 3.95. The lowest BCUT2D eigenvalue weighted by Crippen LogP contribution is -2.45. The van der Waals surface area contributed by atoms with Crippen molar-refractivity contribution in [3.63, 3.8) is 0 Å². The van der Waals surface area contributed by atoms with Gasteiger partial charge in [-0.25, -0.2) is 4.79 Å². The molecule has 0 fully saturated rings. The molecule has 0 spiro atoms. The maximum atomic E-state index is 12.6. The Morgan fingerprint density at radius 1 is 0.754 bits per heavy atom. The molecule has 2 aromatic carbocycles. The Morgan fingerprint density at radius 2 is 1.19 bits per heavy atom. The number of hydrogen-bond donors (Lipinski definition) is 1. The number of ether oxygens (including phenoxy) is 2. The van der Waals surface area contributed by atoms with Gasteiger partial charge in [-0.15, -0.1) is 0 Å². The van der Waals surface area contributed by atoms with Crippen LogP contribution in [0.4, 0.5) is 4.79 Å². The Morgan fingerprint density at radius 3 is 1.56 bits per heavy atom. The quantitative estimate of drug-likeness (QED) is 0.111. The summed E-state index contributed by atoms with van der Waals surface area (Å²) in [5, 5.41) is 0.218. The minimum atomic E-state index is -3.62. The second kappa shape index (κ2) is 25.0. The molecule has 2 atom stereocenters. The van der Waals surface area contributed by atoms with Gasteiger partial charge in [0, 0.05) is 13.1 Å². The lowest BCUT2D eigenvalue weighted by molar-refractivity contribution is -0.138. The Balaban J connectivity index is -0.000000852. The van der Waals surface area contributed by atoms with E-state index in [0.29, 0.717) is 26.2 Å². The molecule has 2 rings (SSSR count). The van der Waals surface area contributed by atoms with E-state index in [1.807, 2.05) is 102 Å². The topological polar surface area (TPSA) is 144 Å². The smallest absolute Gasteiger partial charge is 0.410 e. The van der Waals surface area contributed by atoms with E-state index < -0.39 is 44.5 Å². The van der Waals surface area contributed by atoms with E-state index in [4.69, 9.17) is 23.5 Å². The molecule has 57 heavy (non-hydrogen) atoms. The van der Waals surface area contributed by atoms with E-state index in [1.54, 1.807) is 4.90 Å². The predicted molar refractivity (Wildman–Crippen MR) is 250 cm³/mol. The van der Waals surface area contributed by atoms with E-state index in [1.165, 1.54) is 0 Å². The first-order valence-electron chi connectivity index (χ1n) is 18.8. The Bertz CT molecular complexity index is 1520. The van der Waals surface area contributed by atoms with E-state index in [9.17, 15) is 18.0 Å². The fourth-order valence-corrected chi connectivity index (χ4v) is 6.66. The molecule has 2 N–H and O–H groups in total. The van der Waals surface area contributed by atoms with E-state index in [-0.39, 0.29) is 55.4 Å². The van der Waals surface area contributed by atoms with Crippen molar-refractivity contribution < 1.29 is 40.5 Å². The summed E-state index contributed by atoms with van der Waals surface area (Å²) in [6.07, 6.45) is -0.0178. The zero-order chi connectivity index (χ0) is 43.1. The molecular formula is C41H78N2O9S3Si2. The first-order chi connectivity index (χ1) is 24.7. The lowest BCUT2D eigenvalue weighted by atomic mass is 10.0. The molecule has 1 amide bonds. The molecule has 0 saturated heterocycles. The second-order valence-electron chi connectivity index (χ2n) is 18.7. The first kappa shape index (κ1) is 59.4. The molecule has 11 nitrogen and oxygen atoms in total. The molecule has 0 saturated carbocycles. The lowest BCUT2D eigenvalue weighted by Gasteiger charge is -2.37. The number of nitrogens with two attached hydrogens (primary N) is 1. The van der Waals surface area contributed by atoms with Gasteiger partial charge >= 0.3 is 6.09 Å². The van der Waals surface area contributed by atoms with E-state index >= 15 is 0 Å². The van der Waals surface area contributed by atoms with Gasteiger partial charge in [0.15, 0.2) is 16.6 Å². The normalized spacial score (nSPS) is 13.4. The number of nitrogens with zero attached hydrogens (tertiary/aromatic N) is 1. The third-order valence-electron chi connectivity index (χ3n) is 9.14. The fraction of sp³-hybridized carbons (Fsp3) is 0.659. The highest BCUT2D eigenvalue weighted by Crippen LogP contribution is 2.37. The van der Waals surface area contributed by atoms with Gasteiger partial charge in [-0.05, 0) is 88.9 Å². The molecule has 16 heteroatoms. The van der Waals surface area contributed by atoms with E-state index in [0.717, 1.165) is 17.4 Å². The average molecular weight is 895 g/mol. The Labute approximate surface area is 362 Å². The van der Waals surface area contributed by atoms with Gasteiger partial charge in [-0.2, -0.15) is 35.4 Å². The van der Waals surface area contributed by atoms with Crippen molar-refractivity contribution in [1.29, 1.82) is 0 Å². The van der Waals surface area contributed by atoms with Gasteiger partial charge in [0.25, 0.3) is 16.6 Å². The highest BCUT2D eigenvalue weighted by Gasteiger charge is 2.39. The van der Waals surface area contributed by atoms with Crippen molar-refractivity contribution >= 4 is 66.3 Å². The summed E-state index contributed by atoms with van der Waals surface area (Å²) in [6.45, 7) is 35.2. The minimum absolute atomic E-state index is 0. The number of hydrogen-bond acceptors (Lipinski definition) is 10. The largest absolute Gasteiger partial charge is 0.462 e. The van der Waals surface area contributed by atoms with Crippen molar-refractivity contribution in [2.24, 2.45) is 5.73 Å². The molecule has 0 heterocycles. The molecule has 0 unspecified atom stereocenters. The van der Waals surface area contributed by atoms with Gasteiger partial charge in [0.1, 0.15) is 17.3 Å². The average Bonchev–Trinajstić information content (AvgIpc) is 3.00. The standard InChI is InChI=1S/C20H35NO3Si.C16H29NO4SSi.C5H10O2.2H2S/c1-19(2,3)24-18(22)21(16-17-12-10-9-11-13-17)14-15-23-25(7,8)20(4,5)6;1-16(2,3)23(5,6)20-12-14(17)15(21-22(4,18)19)13-10-8-7-9-11-13;1-5(2,3)7-4-6;;/h9-13H,14-16H2,1-8H3;7-11,14-15H,12,17H2,1-6H3;4H,1-3H3;2*1H2/t;14-,15-;;;/m.1.../s1. The second-order valence-corrected chi connectivity index (χ2v) is 29.9. The first-order valence-corrected chi connectivity index (χ1v) is 26.4. The molecule has 0 bridgehead atoms. The highest BCUT2D eigenvalue weighted by atomic mass is 32.2. The van der Waals surface area contributed by atoms with Crippen molar-refractivity contribution in [2.75, 3.05) is 26.0 Å². The number of carbonyl (C=O) groups excluding carboxylic acids is 2. The van der Waals surface area contributed by atoms with Crippen molar-refractivity contribution in [2.45, 2.75) is 149 Å². The van der Waals surface area contributed by atoms with Crippen LogP contribution in [0.15, 0.2) is 60.7 Å². The third kappa shape index (κ3) is 26.0. The van der Waals surface area contributed by atoms with Crippen LogP contribution in [0.2, 0.25) is 36.3 Å². The molecule has 2 aromatic rings. The van der Waals surface area contributed by atoms with Crippen LogP contribution in [0.3, 0.4) is 0 Å². The van der Waals surface area contributed by atoms with Crippen LogP contribution in [-0.2, 0) is 44.0 Å². The maximum absolute atomic E-state index is 12.6. The van der Waals surface area contributed by atoms with Gasteiger partial charge in [-0.3, -0.25) is 8.98 Å². The van der Waals surface area contributed by atoms with Crippen molar-refractivity contribution in [3.8, 4) is 0 Å². The van der Waals surface area contributed by atoms with Crippen molar-refractivity contribution in [3.05, 3.63) is 71.8 Å². The van der Waals surface area contributed by atoms with Crippen LogP contribution in [0.1, 0.15) is 100 Å². The maximum Gasteiger partial charge on any atom is 0.410 e. The number of rotatable bonds is 14. The molecule has 332 valence electrons. The zero-order valence-electron chi connectivity index (χ0n) is 37.9. The van der Waals surface area contributed by atoms with Gasteiger partial charge in [0.05, 0.1) is 25.5 Å². The minimum Gasteiger partial charge on any atom is -0.462 e. The van der Waals surface area contributed by atoms with E-state index in [2.05, 4.69) is 72.5 Å². The molecule has 0 aliphatic rings. The molecular weight excluding hydrogens is 817 g/mol. The van der Waals surface area contributed by atoms with Crippen LogP contribution < -0.4 is 5.73 Å². The summed E-state index contributed by atoms with van der Waals surface area (Å²) < 4.78 is 50.8. The molecule has 0 aromatic heterocycles. The molecule has 0 aliphatic carbocycles. The zero-order valence-corrected chi connectivity index (χ0v) is 42.8. The van der Waals surface area contributed by atoms with Crippen LogP contribution in [-0.4, -0.2) is 85.8 Å². The van der Waals surface area contributed by atoms with Crippen LogP contribution in [0.5, 0.6) is 0 Å². The van der Waals surface area contributed by atoms with Gasteiger partial charge in [-0.1, -0.05) is 102 Å². The summed E-state index contributed by atoms with van der Waals surface area (Å²) in [4.78, 5) is 23.9. The van der Waals surface area contributed by atoms with Crippen LogP contribution >= 0.6 is 27.0 Å². The molecule has 0 radical (unpaired) electrons. The Hall–Kier alpha value is -1.90. The van der Waals surface area contributed by atoms with Crippen molar-refractivity contribution in [1.82, 2.24) is 4.90 Å². The van der Waals surface area contributed by atoms with Crippen LogP contribution in [0.25, 0.3) is 0 Å². The SMILES string of the molecule is CC(C)(C)OC(=O)N(CCO[Si](C)(C)C(C)(C)C)Cc1ccccc1.CC(C)(C)OC=O.CC(C)(C)[Si](C)(C)OC[C@@H](N)[C@H](OS(C)(=O)=O)c1ccccc1.S.S. The summed E-state index contributed by atoms with van der Waals surface area (Å²) in [7, 11) is -7.41. The Kier molecular flexibility index (Phi) is 26.1. The predicted octanol–water partition coefficient (Wildman–Crippen LogP) is 9.68. The summed E-state index contributed by atoms with van der Waals surface area (Å²) in [5.74, 6) is 0. The summed E-state index contributed by atoms with van der Waals surface area (Å²) >= 11 is 0. The molecule has 0 aliphatic heterocycles. The van der Waals surface area contributed by atoms with Crippen LogP contribution in [0, 0.1) is 0 Å². The van der Waals surface area contributed by atoms with Gasteiger partial charge < -0.3 is 29.0 Å². The summed E-state index contributed by atoms with van der Waals surface area (Å²) in [5.41, 5.74) is 7.20. The number of carbonyl (C=O) groups is 2. The van der Waals surface area contributed by atoms with Gasteiger partial charge in [0.2, 0.25) is 0 Å².